The number of halogens is 3. The standard InChI is InChI=1S/C14H14F3NO3/c15-14(16,17)11-4-2-1-3-8(11)9-7-10(9)13(21)18-6-5-12(19)20/h1-4,9-10H,5-7H2,(H,18,21)(H,19,20)/t9-,10-/m0/s1. The van der Waals surface area contributed by atoms with E-state index < -0.39 is 35.5 Å². The molecule has 0 aromatic heterocycles. The number of carboxylic acids is 1. The Balaban J connectivity index is 2.00. The minimum absolute atomic E-state index is 0.0156. The van der Waals surface area contributed by atoms with Gasteiger partial charge in [-0.05, 0) is 24.0 Å². The highest BCUT2D eigenvalue weighted by atomic mass is 19.4. The second kappa shape index (κ2) is 5.75. The molecule has 114 valence electrons. The SMILES string of the molecule is O=C(O)CCNC(=O)[C@H]1C[C@H]1c1ccccc1C(F)(F)F. The Hall–Kier alpha value is -2.05. The predicted octanol–water partition coefficient (Wildman–Crippen LogP) is 2.40. The van der Waals surface area contributed by atoms with Gasteiger partial charge in [-0.3, -0.25) is 9.59 Å². The highest BCUT2D eigenvalue weighted by Crippen LogP contribution is 2.50. The number of carboxylic acid groups (broad SMARTS) is 1. The lowest BCUT2D eigenvalue weighted by Gasteiger charge is -2.12. The number of benzene rings is 1. The van der Waals surface area contributed by atoms with Crippen molar-refractivity contribution >= 4 is 11.9 Å². The lowest BCUT2D eigenvalue weighted by molar-refractivity contribution is -0.139. The molecule has 0 saturated heterocycles. The first-order valence-corrected chi connectivity index (χ1v) is 6.46. The zero-order valence-electron chi connectivity index (χ0n) is 11.0. The van der Waals surface area contributed by atoms with Gasteiger partial charge < -0.3 is 10.4 Å². The van der Waals surface area contributed by atoms with E-state index in [1.54, 1.807) is 0 Å². The first kappa shape index (κ1) is 15.3. The second-order valence-corrected chi connectivity index (χ2v) is 4.97. The maximum atomic E-state index is 12.9. The molecule has 21 heavy (non-hydrogen) atoms. The third-order valence-corrected chi connectivity index (χ3v) is 3.43. The molecule has 0 aliphatic heterocycles. The molecule has 1 aromatic rings. The van der Waals surface area contributed by atoms with Gasteiger partial charge in [0.1, 0.15) is 0 Å². The van der Waals surface area contributed by atoms with Crippen LogP contribution in [0, 0.1) is 5.92 Å². The lowest BCUT2D eigenvalue weighted by Crippen LogP contribution is -2.27. The van der Waals surface area contributed by atoms with Crippen molar-refractivity contribution < 1.29 is 27.9 Å². The summed E-state index contributed by atoms with van der Waals surface area (Å²) in [5.74, 6) is -2.39. The van der Waals surface area contributed by atoms with Crippen LogP contribution < -0.4 is 5.32 Å². The van der Waals surface area contributed by atoms with Gasteiger partial charge >= 0.3 is 12.1 Å². The summed E-state index contributed by atoms with van der Waals surface area (Å²) in [6.45, 7) is -0.0156. The molecule has 1 saturated carbocycles. The van der Waals surface area contributed by atoms with E-state index in [0.29, 0.717) is 6.42 Å². The Kier molecular flexibility index (Phi) is 4.20. The minimum Gasteiger partial charge on any atom is -0.481 e. The molecule has 1 aliphatic carbocycles. The molecule has 0 heterocycles. The molecule has 4 nitrogen and oxygen atoms in total. The number of aliphatic carboxylic acids is 1. The van der Waals surface area contributed by atoms with Crippen LogP contribution in [0.4, 0.5) is 13.2 Å². The summed E-state index contributed by atoms with van der Waals surface area (Å²) >= 11 is 0. The van der Waals surface area contributed by atoms with Gasteiger partial charge in [0.15, 0.2) is 0 Å². The lowest BCUT2D eigenvalue weighted by atomic mass is 10.0. The summed E-state index contributed by atoms with van der Waals surface area (Å²) in [5.41, 5.74) is -0.584. The molecule has 0 spiro atoms. The Morgan fingerprint density at radius 1 is 1.29 bits per heavy atom. The summed E-state index contributed by atoms with van der Waals surface area (Å²) in [7, 11) is 0. The number of nitrogens with one attached hydrogen (secondary N) is 1. The van der Waals surface area contributed by atoms with E-state index in [1.165, 1.54) is 18.2 Å². The van der Waals surface area contributed by atoms with Crippen molar-refractivity contribution in [3.63, 3.8) is 0 Å². The molecule has 1 aliphatic rings. The van der Waals surface area contributed by atoms with Crippen LogP contribution in [-0.2, 0) is 15.8 Å². The van der Waals surface area contributed by atoms with E-state index in [9.17, 15) is 22.8 Å². The highest BCUT2D eigenvalue weighted by molar-refractivity contribution is 5.83. The van der Waals surface area contributed by atoms with Crippen molar-refractivity contribution in [3.8, 4) is 0 Å². The molecule has 2 atom stereocenters. The molecular weight excluding hydrogens is 287 g/mol. The average Bonchev–Trinajstić information content (AvgIpc) is 3.17. The van der Waals surface area contributed by atoms with Crippen molar-refractivity contribution in [1.82, 2.24) is 5.32 Å². The predicted molar refractivity (Wildman–Crippen MR) is 67.6 cm³/mol. The molecular formula is C14H14F3NO3. The number of alkyl halides is 3. The number of hydrogen-bond acceptors (Lipinski definition) is 2. The second-order valence-electron chi connectivity index (χ2n) is 4.97. The zero-order valence-corrected chi connectivity index (χ0v) is 11.0. The van der Waals surface area contributed by atoms with Gasteiger partial charge in [0, 0.05) is 12.5 Å². The molecule has 1 aromatic carbocycles. The minimum atomic E-state index is -4.44. The van der Waals surface area contributed by atoms with Crippen molar-refractivity contribution in [3.05, 3.63) is 35.4 Å². The van der Waals surface area contributed by atoms with E-state index >= 15 is 0 Å². The fourth-order valence-electron chi connectivity index (χ4n) is 2.33. The summed E-state index contributed by atoms with van der Waals surface area (Å²) < 4.78 is 38.7. The first-order chi connectivity index (χ1) is 9.80. The number of carbonyl (C=O) groups excluding carboxylic acids is 1. The van der Waals surface area contributed by atoms with E-state index in [1.807, 2.05) is 0 Å². The largest absolute Gasteiger partial charge is 0.481 e. The quantitative estimate of drug-likeness (QED) is 0.877. The zero-order chi connectivity index (χ0) is 15.6. The van der Waals surface area contributed by atoms with Gasteiger partial charge in [-0.1, -0.05) is 18.2 Å². The molecule has 1 amide bonds. The average molecular weight is 301 g/mol. The fraction of sp³-hybridized carbons (Fsp3) is 0.429. The number of rotatable bonds is 5. The normalized spacial score (nSPS) is 20.9. The maximum absolute atomic E-state index is 12.9. The topological polar surface area (TPSA) is 66.4 Å². The Morgan fingerprint density at radius 3 is 2.57 bits per heavy atom. The van der Waals surface area contributed by atoms with Gasteiger partial charge in [0.25, 0.3) is 0 Å². The Labute approximate surface area is 119 Å². The smallest absolute Gasteiger partial charge is 0.416 e. The van der Waals surface area contributed by atoms with Crippen LogP contribution in [0.2, 0.25) is 0 Å². The third kappa shape index (κ3) is 3.74. The van der Waals surface area contributed by atoms with Crippen molar-refractivity contribution in [2.45, 2.75) is 24.9 Å². The summed E-state index contributed by atoms with van der Waals surface area (Å²) in [6, 6.07) is 5.23. The van der Waals surface area contributed by atoms with Gasteiger partial charge in [0.05, 0.1) is 12.0 Å². The van der Waals surface area contributed by atoms with Gasteiger partial charge in [-0.15, -0.1) is 0 Å². The first-order valence-electron chi connectivity index (χ1n) is 6.46. The van der Waals surface area contributed by atoms with E-state index in [0.717, 1.165) is 6.07 Å². The molecule has 0 bridgehead atoms. The molecule has 2 rings (SSSR count). The molecule has 1 fully saturated rings. The van der Waals surface area contributed by atoms with Gasteiger partial charge in [0.2, 0.25) is 5.91 Å². The third-order valence-electron chi connectivity index (χ3n) is 3.43. The van der Waals surface area contributed by atoms with Crippen LogP contribution in [-0.4, -0.2) is 23.5 Å². The molecule has 0 radical (unpaired) electrons. The summed E-state index contributed by atoms with van der Waals surface area (Å²) in [6.07, 6.45) is -4.29. The number of amides is 1. The van der Waals surface area contributed by atoms with Crippen molar-refractivity contribution in [2.24, 2.45) is 5.92 Å². The molecule has 7 heteroatoms. The van der Waals surface area contributed by atoms with Gasteiger partial charge in [-0.25, -0.2) is 0 Å². The van der Waals surface area contributed by atoms with Crippen LogP contribution in [0.5, 0.6) is 0 Å². The monoisotopic (exact) mass is 301 g/mol. The van der Waals surface area contributed by atoms with Crippen molar-refractivity contribution in [2.75, 3.05) is 6.54 Å². The highest BCUT2D eigenvalue weighted by Gasteiger charge is 2.47. The maximum Gasteiger partial charge on any atom is 0.416 e. The van der Waals surface area contributed by atoms with E-state index in [-0.39, 0.29) is 18.5 Å². The molecule has 0 unspecified atom stereocenters. The van der Waals surface area contributed by atoms with E-state index in [4.69, 9.17) is 5.11 Å². The number of hydrogen-bond donors (Lipinski definition) is 2. The van der Waals surface area contributed by atoms with E-state index in [2.05, 4.69) is 5.32 Å². The Morgan fingerprint density at radius 2 is 1.95 bits per heavy atom. The van der Waals surface area contributed by atoms with Crippen LogP contribution in [0.25, 0.3) is 0 Å². The van der Waals surface area contributed by atoms with Crippen LogP contribution in [0.1, 0.15) is 29.9 Å². The van der Waals surface area contributed by atoms with Crippen LogP contribution in [0.15, 0.2) is 24.3 Å². The molecule has 2 N–H and O–H groups in total. The fourth-order valence-corrected chi connectivity index (χ4v) is 2.33. The number of carbonyl (C=O) groups is 2. The Bertz CT molecular complexity index is 557. The van der Waals surface area contributed by atoms with Gasteiger partial charge in [-0.2, -0.15) is 13.2 Å². The summed E-state index contributed by atoms with van der Waals surface area (Å²) in [4.78, 5) is 22.1. The van der Waals surface area contributed by atoms with Crippen LogP contribution in [0.3, 0.4) is 0 Å². The summed E-state index contributed by atoms with van der Waals surface area (Å²) in [5, 5.41) is 10.9. The van der Waals surface area contributed by atoms with Crippen molar-refractivity contribution in [1.29, 1.82) is 0 Å². The van der Waals surface area contributed by atoms with Crippen LogP contribution >= 0.6 is 0 Å².